The Labute approximate surface area is 86.4 Å². The van der Waals surface area contributed by atoms with E-state index in [0.29, 0.717) is 13.0 Å². The Morgan fingerprint density at radius 3 is 2.86 bits per heavy atom. The second-order valence-corrected chi connectivity index (χ2v) is 3.35. The largest absolute Gasteiger partial charge is 0.355 e. The second-order valence-electron chi connectivity index (χ2n) is 3.35. The summed E-state index contributed by atoms with van der Waals surface area (Å²) in [5.41, 5.74) is 5.67. The average molecular weight is 196 g/mol. The van der Waals surface area contributed by atoms with Gasteiger partial charge in [0.1, 0.15) is 0 Å². The molecule has 0 aliphatic heterocycles. The SMILES string of the molecule is C#CCCCNC(=O)C(N)CCCC. The Morgan fingerprint density at radius 1 is 1.57 bits per heavy atom. The lowest BCUT2D eigenvalue weighted by molar-refractivity contribution is -0.122. The molecule has 0 aliphatic carbocycles. The molecular formula is C11H20N2O. The van der Waals surface area contributed by atoms with Crippen molar-refractivity contribution in [2.45, 2.75) is 45.1 Å². The summed E-state index contributed by atoms with van der Waals surface area (Å²) in [4.78, 5) is 11.3. The number of rotatable bonds is 7. The van der Waals surface area contributed by atoms with Crippen LogP contribution in [0.2, 0.25) is 0 Å². The number of nitrogens with two attached hydrogens (primary N) is 1. The van der Waals surface area contributed by atoms with E-state index in [1.807, 2.05) is 0 Å². The highest BCUT2D eigenvalue weighted by Crippen LogP contribution is 1.97. The molecule has 0 saturated heterocycles. The van der Waals surface area contributed by atoms with E-state index in [9.17, 15) is 4.79 Å². The van der Waals surface area contributed by atoms with Gasteiger partial charge in [0.15, 0.2) is 0 Å². The molecule has 0 aromatic rings. The smallest absolute Gasteiger partial charge is 0.236 e. The summed E-state index contributed by atoms with van der Waals surface area (Å²) in [5, 5.41) is 2.77. The molecule has 0 radical (unpaired) electrons. The Balaban J connectivity index is 3.47. The molecule has 3 nitrogen and oxygen atoms in total. The number of hydrogen-bond donors (Lipinski definition) is 2. The van der Waals surface area contributed by atoms with Crippen molar-refractivity contribution in [3.05, 3.63) is 0 Å². The fraction of sp³-hybridized carbons (Fsp3) is 0.727. The van der Waals surface area contributed by atoms with E-state index in [-0.39, 0.29) is 11.9 Å². The fourth-order valence-corrected chi connectivity index (χ4v) is 1.09. The first kappa shape index (κ1) is 13.0. The zero-order chi connectivity index (χ0) is 10.8. The lowest BCUT2D eigenvalue weighted by Crippen LogP contribution is -2.40. The summed E-state index contributed by atoms with van der Waals surface area (Å²) < 4.78 is 0. The minimum atomic E-state index is -0.360. The third kappa shape index (κ3) is 6.50. The average Bonchev–Trinajstić information content (AvgIpc) is 2.20. The van der Waals surface area contributed by atoms with Crippen molar-refractivity contribution in [1.82, 2.24) is 5.32 Å². The maximum Gasteiger partial charge on any atom is 0.236 e. The fourth-order valence-electron chi connectivity index (χ4n) is 1.09. The van der Waals surface area contributed by atoms with Gasteiger partial charge in [-0.05, 0) is 12.8 Å². The minimum Gasteiger partial charge on any atom is -0.355 e. The summed E-state index contributed by atoms with van der Waals surface area (Å²) >= 11 is 0. The van der Waals surface area contributed by atoms with Crippen molar-refractivity contribution < 1.29 is 4.79 Å². The van der Waals surface area contributed by atoms with E-state index in [0.717, 1.165) is 25.7 Å². The number of carbonyl (C=O) groups is 1. The van der Waals surface area contributed by atoms with Crippen LogP contribution in [0.4, 0.5) is 0 Å². The summed E-state index contributed by atoms with van der Waals surface area (Å²) in [5.74, 6) is 2.46. The summed E-state index contributed by atoms with van der Waals surface area (Å²) in [7, 11) is 0. The molecule has 14 heavy (non-hydrogen) atoms. The zero-order valence-electron chi connectivity index (χ0n) is 8.88. The summed E-state index contributed by atoms with van der Waals surface area (Å²) in [6.45, 7) is 2.71. The van der Waals surface area contributed by atoms with Gasteiger partial charge in [-0.3, -0.25) is 4.79 Å². The Bertz CT molecular complexity index is 196. The minimum absolute atomic E-state index is 0.0597. The van der Waals surface area contributed by atoms with E-state index in [1.165, 1.54) is 0 Å². The van der Waals surface area contributed by atoms with Gasteiger partial charge >= 0.3 is 0 Å². The maximum atomic E-state index is 11.3. The molecule has 1 atom stereocenters. The molecule has 0 fully saturated rings. The van der Waals surface area contributed by atoms with E-state index >= 15 is 0 Å². The number of hydrogen-bond acceptors (Lipinski definition) is 2. The molecule has 0 aliphatic rings. The Hall–Kier alpha value is -1.01. The molecule has 0 spiro atoms. The quantitative estimate of drug-likeness (QED) is 0.472. The molecule has 80 valence electrons. The Morgan fingerprint density at radius 2 is 2.29 bits per heavy atom. The number of amides is 1. The monoisotopic (exact) mass is 196 g/mol. The van der Waals surface area contributed by atoms with Gasteiger partial charge in [0, 0.05) is 13.0 Å². The van der Waals surface area contributed by atoms with Gasteiger partial charge in [-0.25, -0.2) is 0 Å². The third-order valence-corrected chi connectivity index (χ3v) is 2.00. The van der Waals surface area contributed by atoms with Crippen LogP contribution in [0.1, 0.15) is 39.0 Å². The first-order chi connectivity index (χ1) is 6.72. The van der Waals surface area contributed by atoms with Gasteiger partial charge in [-0.15, -0.1) is 12.3 Å². The third-order valence-electron chi connectivity index (χ3n) is 2.00. The topological polar surface area (TPSA) is 55.1 Å². The van der Waals surface area contributed by atoms with Crippen LogP contribution in [0.15, 0.2) is 0 Å². The van der Waals surface area contributed by atoms with Crippen molar-refractivity contribution >= 4 is 5.91 Å². The molecule has 0 heterocycles. The molecule has 0 aromatic carbocycles. The number of unbranched alkanes of at least 4 members (excludes halogenated alkanes) is 2. The molecule has 3 heteroatoms. The number of nitrogens with one attached hydrogen (secondary N) is 1. The van der Waals surface area contributed by atoms with Gasteiger partial charge in [-0.2, -0.15) is 0 Å². The standard InChI is InChI=1S/C11H20N2O/c1-3-5-7-9-13-11(14)10(12)8-6-4-2/h1,10H,4-9,12H2,2H3,(H,13,14). The van der Waals surface area contributed by atoms with Crippen LogP contribution in [-0.2, 0) is 4.79 Å². The van der Waals surface area contributed by atoms with Crippen molar-refractivity contribution in [2.75, 3.05) is 6.54 Å². The predicted molar refractivity (Wildman–Crippen MR) is 58.6 cm³/mol. The molecule has 1 unspecified atom stereocenters. The second kappa shape index (κ2) is 8.58. The highest BCUT2D eigenvalue weighted by atomic mass is 16.2. The van der Waals surface area contributed by atoms with Crippen LogP contribution < -0.4 is 11.1 Å². The molecule has 0 bridgehead atoms. The molecule has 0 saturated carbocycles. The first-order valence-electron chi connectivity index (χ1n) is 5.19. The van der Waals surface area contributed by atoms with Crippen molar-refractivity contribution in [1.29, 1.82) is 0 Å². The van der Waals surface area contributed by atoms with Crippen molar-refractivity contribution in [2.24, 2.45) is 5.73 Å². The predicted octanol–water partition coefficient (Wildman–Crippen LogP) is 1.03. The van der Waals surface area contributed by atoms with Crippen LogP contribution in [0, 0.1) is 12.3 Å². The normalized spacial score (nSPS) is 11.8. The molecule has 0 rings (SSSR count). The lowest BCUT2D eigenvalue weighted by Gasteiger charge is -2.10. The van der Waals surface area contributed by atoms with Crippen LogP contribution in [0.3, 0.4) is 0 Å². The molecular weight excluding hydrogens is 176 g/mol. The van der Waals surface area contributed by atoms with Crippen molar-refractivity contribution in [3.8, 4) is 12.3 Å². The van der Waals surface area contributed by atoms with Gasteiger partial charge < -0.3 is 11.1 Å². The van der Waals surface area contributed by atoms with Crippen LogP contribution >= 0.6 is 0 Å². The van der Waals surface area contributed by atoms with Crippen molar-refractivity contribution in [3.63, 3.8) is 0 Å². The Kier molecular flexibility index (Phi) is 7.96. The maximum absolute atomic E-state index is 11.3. The van der Waals surface area contributed by atoms with Crippen LogP contribution in [0.5, 0.6) is 0 Å². The molecule has 1 amide bonds. The van der Waals surface area contributed by atoms with E-state index in [4.69, 9.17) is 12.2 Å². The molecule has 0 aromatic heterocycles. The van der Waals surface area contributed by atoms with Gasteiger partial charge in [-0.1, -0.05) is 19.8 Å². The summed E-state index contributed by atoms with van der Waals surface area (Å²) in [6, 6.07) is -0.360. The molecule has 3 N–H and O–H groups in total. The lowest BCUT2D eigenvalue weighted by atomic mass is 10.1. The van der Waals surface area contributed by atoms with Gasteiger partial charge in [0.05, 0.1) is 6.04 Å². The first-order valence-corrected chi connectivity index (χ1v) is 5.19. The van der Waals surface area contributed by atoms with E-state index < -0.39 is 0 Å². The van der Waals surface area contributed by atoms with E-state index in [2.05, 4.69) is 18.2 Å². The van der Waals surface area contributed by atoms with Gasteiger partial charge in [0.25, 0.3) is 0 Å². The summed E-state index contributed by atoms with van der Waals surface area (Å²) in [6.07, 6.45) is 9.43. The zero-order valence-corrected chi connectivity index (χ0v) is 8.88. The van der Waals surface area contributed by atoms with Gasteiger partial charge in [0.2, 0.25) is 5.91 Å². The van der Waals surface area contributed by atoms with E-state index in [1.54, 1.807) is 0 Å². The highest BCUT2D eigenvalue weighted by Gasteiger charge is 2.10. The number of terminal acetylenes is 1. The number of carbonyl (C=O) groups excluding carboxylic acids is 1. The van der Waals surface area contributed by atoms with Crippen LogP contribution in [-0.4, -0.2) is 18.5 Å². The highest BCUT2D eigenvalue weighted by molar-refractivity contribution is 5.81. The van der Waals surface area contributed by atoms with Crippen LogP contribution in [0.25, 0.3) is 0 Å².